The third kappa shape index (κ3) is 5.02. The number of imide groups is 1. The molecule has 0 aliphatic carbocycles. The lowest BCUT2D eigenvalue weighted by molar-refractivity contribution is 0.0967. The zero-order valence-electron chi connectivity index (χ0n) is 17.5. The molecular weight excluding hydrogens is 449 g/mol. The fourth-order valence-corrected chi connectivity index (χ4v) is 3.53. The van der Waals surface area contributed by atoms with Crippen LogP contribution in [0.25, 0.3) is 0 Å². The van der Waals surface area contributed by atoms with Gasteiger partial charge in [-0.2, -0.15) is 5.26 Å². The molecule has 2 N–H and O–H groups in total. The topological polar surface area (TPSA) is 91.2 Å². The van der Waals surface area contributed by atoms with Crippen molar-refractivity contribution in [2.24, 2.45) is 0 Å². The summed E-state index contributed by atoms with van der Waals surface area (Å²) in [6, 6.07) is 14.6. The highest BCUT2D eigenvalue weighted by atomic mass is 35.5. The molecule has 162 valence electrons. The Hall–Kier alpha value is -3.53. The Balaban J connectivity index is 1.79. The van der Waals surface area contributed by atoms with E-state index in [9.17, 15) is 9.59 Å². The second-order valence-corrected chi connectivity index (χ2v) is 7.88. The van der Waals surface area contributed by atoms with Gasteiger partial charge in [-0.15, -0.1) is 0 Å². The highest BCUT2D eigenvalue weighted by molar-refractivity contribution is 6.34. The molecule has 0 aliphatic rings. The van der Waals surface area contributed by atoms with Crippen LogP contribution < -0.4 is 15.4 Å². The molecule has 0 aliphatic heterocycles. The first-order valence-corrected chi connectivity index (χ1v) is 10.3. The van der Waals surface area contributed by atoms with Gasteiger partial charge < -0.3 is 10.1 Å². The van der Waals surface area contributed by atoms with Gasteiger partial charge in [0.25, 0.3) is 5.91 Å². The first kappa shape index (κ1) is 23.1. The van der Waals surface area contributed by atoms with Crippen molar-refractivity contribution in [3.8, 4) is 17.6 Å². The maximum absolute atomic E-state index is 12.4. The molecule has 6 nitrogen and oxygen atoms in total. The SMILES string of the molecule is Cc1cc(C#N)ccc1Oc1c(C)cc(NC(=O)NC(=O)c2ccccc2Cl)c(C)c1Cl. The summed E-state index contributed by atoms with van der Waals surface area (Å²) in [7, 11) is 0. The molecule has 0 saturated heterocycles. The van der Waals surface area contributed by atoms with E-state index in [4.69, 9.17) is 33.2 Å². The van der Waals surface area contributed by atoms with Gasteiger partial charge in [0.05, 0.1) is 27.2 Å². The number of hydrogen-bond acceptors (Lipinski definition) is 4. The third-order valence-electron chi connectivity index (χ3n) is 4.76. The number of anilines is 1. The minimum Gasteiger partial charge on any atom is -0.455 e. The molecule has 3 rings (SSSR count). The number of aryl methyl sites for hydroxylation is 2. The van der Waals surface area contributed by atoms with Gasteiger partial charge in [0.1, 0.15) is 11.5 Å². The first-order chi connectivity index (χ1) is 15.2. The Morgan fingerprint density at radius 3 is 2.38 bits per heavy atom. The van der Waals surface area contributed by atoms with E-state index in [1.165, 1.54) is 6.07 Å². The Bertz CT molecular complexity index is 1270. The normalized spacial score (nSPS) is 10.2. The molecule has 0 unspecified atom stereocenters. The average molecular weight is 468 g/mol. The highest BCUT2D eigenvalue weighted by Crippen LogP contribution is 2.39. The van der Waals surface area contributed by atoms with Gasteiger partial charge >= 0.3 is 6.03 Å². The number of urea groups is 1. The summed E-state index contributed by atoms with van der Waals surface area (Å²) in [4.78, 5) is 24.7. The van der Waals surface area contributed by atoms with Gasteiger partial charge in [0.15, 0.2) is 0 Å². The van der Waals surface area contributed by atoms with E-state index >= 15 is 0 Å². The number of hydrogen-bond donors (Lipinski definition) is 2. The van der Waals surface area contributed by atoms with Crippen molar-refractivity contribution in [1.82, 2.24) is 5.32 Å². The quantitative estimate of drug-likeness (QED) is 0.455. The number of carbonyl (C=O) groups excluding carboxylic acids is 2. The Morgan fingerprint density at radius 1 is 1.00 bits per heavy atom. The summed E-state index contributed by atoms with van der Waals surface area (Å²) < 4.78 is 6.01. The summed E-state index contributed by atoms with van der Waals surface area (Å²) in [5, 5.41) is 14.5. The summed E-state index contributed by atoms with van der Waals surface area (Å²) in [5.41, 5.74) is 3.19. The Kier molecular flexibility index (Phi) is 7.04. The predicted octanol–water partition coefficient (Wildman–Crippen LogP) is 6.54. The van der Waals surface area contributed by atoms with Crippen molar-refractivity contribution >= 4 is 40.8 Å². The Labute approximate surface area is 195 Å². The van der Waals surface area contributed by atoms with Crippen molar-refractivity contribution in [1.29, 1.82) is 5.26 Å². The first-order valence-electron chi connectivity index (χ1n) is 9.56. The Morgan fingerprint density at radius 2 is 1.72 bits per heavy atom. The molecule has 8 heteroatoms. The number of nitriles is 1. The van der Waals surface area contributed by atoms with Crippen molar-refractivity contribution in [2.75, 3.05) is 5.32 Å². The fraction of sp³-hybridized carbons (Fsp3) is 0.125. The van der Waals surface area contributed by atoms with E-state index in [0.717, 1.165) is 5.56 Å². The second kappa shape index (κ2) is 9.73. The van der Waals surface area contributed by atoms with Crippen LogP contribution in [0.5, 0.6) is 11.5 Å². The zero-order chi connectivity index (χ0) is 23.4. The number of rotatable bonds is 4. The number of benzene rings is 3. The van der Waals surface area contributed by atoms with Gasteiger partial charge in [-0.25, -0.2) is 4.79 Å². The van der Waals surface area contributed by atoms with E-state index in [0.29, 0.717) is 38.9 Å². The molecule has 0 radical (unpaired) electrons. The van der Waals surface area contributed by atoms with Crippen molar-refractivity contribution in [2.45, 2.75) is 20.8 Å². The molecule has 0 bridgehead atoms. The molecule has 3 amide bonds. The largest absolute Gasteiger partial charge is 0.455 e. The van der Waals surface area contributed by atoms with E-state index < -0.39 is 11.9 Å². The van der Waals surface area contributed by atoms with Crippen LogP contribution in [0.4, 0.5) is 10.5 Å². The number of ether oxygens (including phenoxy) is 1. The predicted molar refractivity (Wildman–Crippen MR) is 125 cm³/mol. The van der Waals surface area contributed by atoms with Crippen LogP contribution in [-0.2, 0) is 0 Å². The molecule has 0 atom stereocenters. The molecule has 0 spiro atoms. The summed E-state index contributed by atoms with van der Waals surface area (Å²) in [5.74, 6) is 0.386. The van der Waals surface area contributed by atoms with E-state index in [1.807, 2.05) is 6.92 Å². The van der Waals surface area contributed by atoms with Crippen LogP contribution in [-0.4, -0.2) is 11.9 Å². The minimum atomic E-state index is -0.718. The summed E-state index contributed by atoms with van der Waals surface area (Å²) in [6.07, 6.45) is 0. The fourth-order valence-electron chi connectivity index (χ4n) is 3.02. The van der Waals surface area contributed by atoms with Crippen LogP contribution in [0.1, 0.15) is 32.6 Å². The minimum absolute atomic E-state index is 0.191. The highest BCUT2D eigenvalue weighted by Gasteiger charge is 2.18. The summed E-state index contributed by atoms with van der Waals surface area (Å²) >= 11 is 12.5. The monoisotopic (exact) mass is 467 g/mol. The second-order valence-electron chi connectivity index (χ2n) is 7.09. The maximum atomic E-state index is 12.4. The molecule has 0 heterocycles. The smallest absolute Gasteiger partial charge is 0.326 e. The van der Waals surface area contributed by atoms with Gasteiger partial charge in [0, 0.05) is 5.69 Å². The van der Waals surface area contributed by atoms with Gasteiger partial charge in [-0.3, -0.25) is 10.1 Å². The molecule has 0 aromatic heterocycles. The van der Waals surface area contributed by atoms with Crippen molar-refractivity contribution < 1.29 is 14.3 Å². The molecule has 3 aromatic rings. The van der Waals surface area contributed by atoms with Crippen LogP contribution in [0.3, 0.4) is 0 Å². The van der Waals surface area contributed by atoms with Gasteiger partial charge in [-0.1, -0.05) is 35.3 Å². The number of halogens is 2. The molecule has 3 aromatic carbocycles. The molecule has 0 fully saturated rings. The third-order valence-corrected chi connectivity index (χ3v) is 5.55. The average Bonchev–Trinajstić information content (AvgIpc) is 2.75. The summed E-state index contributed by atoms with van der Waals surface area (Å²) in [6.45, 7) is 5.35. The van der Waals surface area contributed by atoms with Crippen molar-refractivity contribution in [3.63, 3.8) is 0 Å². The van der Waals surface area contributed by atoms with E-state index in [-0.39, 0.29) is 10.6 Å². The lowest BCUT2D eigenvalue weighted by Gasteiger charge is -2.17. The number of amides is 3. The van der Waals surface area contributed by atoms with Crippen LogP contribution >= 0.6 is 23.2 Å². The lowest BCUT2D eigenvalue weighted by atomic mass is 10.1. The number of nitrogens with zero attached hydrogens (tertiary/aromatic N) is 1. The van der Waals surface area contributed by atoms with Crippen molar-refractivity contribution in [3.05, 3.63) is 86.4 Å². The molecular formula is C24H19Cl2N3O3. The van der Waals surface area contributed by atoms with Gasteiger partial charge in [-0.05, 0) is 73.9 Å². The molecule has 0 saturated carbocycles. The van der Waals surface area contributed by atoms with Crippen LogP contribution in [0, 0.1) is 32.1 Å². The van der Waals surface area contributed by atoms with E-state index in [1.54, 1.807) is 56.3 Å². The number of nitrogens with one attached hydrogen (secondary N) is 2. The maximum Gasteiger partial charge on any atom is 0.326 e. The molecule has 32 heavy (non-hydrogen) atoms. The van der Waals surface area contributed by atoms with Crippen LogP contribution in [0.15, 0.2) is 48.5 Å². The number of carbonyl (C=O) groups is 2. The standard InChI is InChI=1S/C24H19Cl2N3O3/c1-13-10-16(12-27)8-9-20(13)32-22-14(2)11-19(15(3)21(22)26)28-24(31)29-23(30)17-6-4-5-7-18(17)25/h4-11H,1-3H3,(H2,28,29,30,31). The van der Waals surface area contributed by atoms with E-state index in [2.05, 4.69) is 16.7 Å². The van der Waals surface area contributed by atoms with Crippen LogP contribution in [0.2, 0.25) is 10.0 Å². The zero-order valence-corrected chi connectivity index (χ0v) is 19.1. The van der Waals surface area contributed by atoms with Gasteiger partial charge in [0.2, 0.25) is 0 Å². The lowest BCUT2D eigenvalue weighted by Crippen LogP contribution is -2.34.